The van der Waals surface area contributed by atoms with Gasteiger partial charge in [-0.1, -0.05) is 0 Å². The Hall–Kier alpha value is -1.19. The van der Waals surface area contributed by atoms with Crippen LogP contribution in [0.5, 0.6) is 0 Å². The van der Waals surface area contributed by atoms with E-state index in [-0.39, 0.29) is 30.8 Å². The highest BCUT2D eigenvalue weighted by Gasteiger charge is 2.27. The highest BCUT2D eigenvalue weighted by Crippen LogP contribution is 2.15. The van der Waals surface area contributed by atoms with Crippen molar-refractivity contribution in [1.82, 2.24) is 4.90 Å². The van der Waals surface area contributed by atoms with Gasteiger partial charge in [0.15, 0.2) is 0 Å². The number of sulfone groups is 1. The summed E-state index contributed by atoms with van der Waals surface area (Å²) in [6.07, 6.45) is 2.15. The molecule has 1 rings (SSSR count). The Labute approximate surface area is 124 Å². The molecule has 0 aliphatic carbocycles. The maximum atomic E-state index is 12.1. The zero-order chi connectivity index (χ0) is 16.0. The molecular weight excluding hydrogens is 300 g/mol. The van der Waals surface area contributed by atoms with E-state index in [0.717, 1.165) is 6.26 Å². The molecule has 9 heteroatoms. The highest BCUT2D eigenvalue weighted by molar-refractivity contribution is 7.90. The first-order chi connectivity index (χ1) is 9.69. The Morgan fingerprint density at radius 3 is 2.43 bits per heavy atom. The molecule has 1 aliphatic heterocycles. The van der Waals surface area contributed by atoms with Crippen LogP contribution in [0, 0.1) is 0 Å². The lowest BCUT2D eigenvalue weighted by Gasteiger charge is -2.33. The van der Waals surface area contributed by atoms with Crippen LogP contribution in [-0.4, -0.2) is 74.2 Å². The molecule has 1 fully saturated rings. The molecule has 21 heavy (non-hydrogen) atoms. The third kappa shape index (κ3) is 6.87. The first-order valence-electron chi connectivity index (χ1n) is 6.74. The predicted molar refractivity (Wildman–Crippen MR) is 75.5 cm³/mol. The fourth-order valence-electron chi connectivity index (χ4n) is 2.13. The van der Waals surface area contributed by atoms with Crippen LogP contribution in [-0.2, 0) is 24.2 Å². The fraction of sp³-hybridized carbons (Fsp3) is 0.833. The molecule has 3 N–H and O–H groups in total. The summed E-state index contributed by atoms with van der Waals surface area (Å²) in [6, 6.07) is -0.823. The number of nitrogens with two attached hydrogens (primary N) is 1. The van der Waals surface area contributed by atoms with Crippen molar-refractivity contribution in [2.24, 2.45) is 5.73 Å². The Morgan fingerprint density at radius 2 is 1.95 bits per heavy atom. The summed E-state index contributed by atoms with van der Waals surface area (Å²) < 4.78 is 27.3. The summed E-state index contributed by atoms with van der Waals surface area (Å²) in [5.41, 5.74) is 5.72. The van der Waals surface area contributed by atoms with Gasteiger partial charge in [0.2, 0.25) is 5.91 Å². The summed E-state index contributed by atoms with van der Waals surface area (Å²) in [4.78, 5) is 24.0. The van der Waals surface area contributed by atoms with Gasteiger partial charge in [0.1, 0.15) is 16.4 Å². The van der Waals surface area contributed by atoms with Gasteiger partial charge < -0.3 is 20.5 Å². The number of amides is 1. The SMILES string of the molecule is CS(=O)(=O)CCC(N)C(=O)N1CCC(OCC(=O)O)CC1. The largest absolute Gasteiger partial charge is 0.480 e. The lowest BCUT2D eigenvalue weighted by Crippen LogP contribution is -2.48. The monoisotopic (exact) mass is 322 g/mol. The maximum absolute atomic E-state index is 12.1. The number of nitrogens with zero attached hydrogens (tertiary/aromatic N) is 1. The van der Waals surface area contributed by atoms with E-state index < -0.39 is 21.8 Å². The molecule has 0 spiro atoms. The summed E-state index contributed by atoms with van der Waals surface area (Å²) in [6.45, 7) is 0.540. The smallest absolute Gasteiger partial charge is 0.329 e. The van der Waals surface area contributed by atoms with Crippen molar-refractivity contribution >= 4 is 21.7 Å². The predicted octanol–water partition coefficient (Wildman–Crippen LogP) is -1.16. The first kappa shape index (κ1) is 17.9. The van der Waals surface area contributed by atoms with Gasteiger partial charge in [0, 0.05) is 19.3 Å². The molecule has 1 amide bonds. The molecule has 0 aromatic heterocycles. The van der Waals surface area contributed by atoms with E-state index in [9.17, 15) is 18.0 Å². The van der Waals surface area contributed by atoms with Crippen LogP contribution < -0.4 is 5.73 Å². The molecule has 0 aromatic rings. The van der Waals surface area contributed by atoms with Crippen LogP contribution in [0.1, 0.15) is 19.3 Å². The summed E-state index contributed by atoms with van der Waals surface area (Å²) in [5, 5.41) is 8.53. The average Bonchev–Trinajstić information content (AvgIpc) is 2.41. The van der Waals surface area contributed by atoms with Crippen LogP contribution in [0.25, 0.3) is 0 Å². The molecule has 1 atom stereocenters. The third-order valence-corrected chi connectivity index (χ3v) is 4.29. The number of piperidine rings is 1. The van der Waals surface area contributed by atoms with E-state index in [1.807, 2.05) is 0 Å². The lowest BCUT2D eigenvalue weighted by atomic mass is 10.1. The van der Waals surface area contributed by atoms with E-state index >= 15 is 0 Å². The number of aliphatic carboxylic acids is 1. The van der Waals surface area contributed by atoms with Crippen molar-refractivity contribution in [3.8, 4) is 0 Å². The second-order valence-electron chi connectivity index (χ2n) is 5.25. The number of carboxylic acid groups (broad SMARTS) is 1. The van der Waals surface area contributed by atoms with Gasteiger partial charge in [-0.2, -0.15) is 0 Å². The van der Waals surface area contributed by atoms with Crippen LogP contribution in [0.3, 0.4) is 0 Å². The Morgan fingerprint density at radius 1 is 1.38 bits per heavy atom. The van der Waals surface area contributed by atoms with Crippen LogP contribution in [0.4, 0.5) is 0 Å². The molecule has 8 nitrogen and oxygen atoms in total. The number of rotatable bonds is 7. The van der Waals surface area contributed by atoms with E-state index in [0.29, 0.717) is 25.9 Å². The van der Waals surface area contributed by atoms with Gasteiger partial charge in [-0.3, -0.25) is 4.79 Å². The van der Waals surface area contributed by atoms with Gasteiger partial charge in [0.05, 0.1) is 17.9 Å². The molecule has 1 aliphatic rings. The Kier molecular flexibility index (Phi) is 6.56. The second kappa shape index (κ2) is 7.71. The number of ether oxygens (including phenoxy) is 1. The average molecular weight is 322 g/mol. The Bertz CT molecular complexity index is 470. The summed E-state index contributed by atoms with van der Waals surface area (Å²) in [5.74, 6) is -1.40. The molecule has 0 radical (unpaired) electrons. The van der Waals surface area contributed by atoms with Crippen molar-refractivity contribution in [2.45, 2.75) is 31.4 Å². The number of carbonyl (C=O) groups excluding carboxylic acids is 1. The molecule has 122 valence electrons. The van der Waals surface area contributed by atoms with Crippen molar-refractivity contribution in [3.05, 3.63) is 0 Å². The number of likely N-dealkylation sites (tertiary alicyclic amines) is 1. The normalized spacial score (nSPS) is 18.5. The standard InChI is InChI=1S/C12H22N2O6S/c1-21(18,19)7-4-10(13)12(17)14-5-2-9(3-6-14)20-8-11(15)16/h9-10H,2-8,13H2,1H3,(H,15,16). The van der Waals surface area contributed by atoms with Gasteiger partial charge in [-0.15, -0.1) is 0 Å². The number of carboxylic acids is 1. The van der Waals surface area contributed by atoms with Gasteiger partial charge in [0.25, 0.3) is 0 Å². The molecule has 1 unspecified atom stereocenters. The molecule has 0 aromatic carbocycles. The zero-order valence-corrected chi connectivity index (χ0v) is 12.8. The Balaban J connectivity index is 2.35. The molecule has 0 saturated carbocycles. The molecule has 1 heterocycles. The number of hydrogen-bond donors (Lipinski definition) is 2. The fourth-order valence-corrected chi connectivity index (χ4v) is 2.81. The minimum Gasteiger partial charge on any atom is -0.480 e. The minimum atomic E-state index is -3.13. The quantitative estimate of drug-likeness (QED) is 0.605. The van der Waals surface area contributed by atoms with Crippen LogP contribution in [0.15, 0.2) is 0 Å². The second-order valence-corrected chi connectivity index (χ2v) is 7.51. The van der Waals surface area contributed by atoms with Crippen LogP contribution >= 0.6 is 0 Å². The first-order valence-corrected chi connectivity index (χ1v) is 8.80. The van der Waals surface area contributed by atoms with E-state index in [2.05, 4.69) is 0 Å². The van der Waals surface area contributed by atoms with E-state index in [4.69, 9.17) is 15.6 Å². The number of carbonyl (C=O) groups is 2. The van der Waals surface area contributed by atoms with Gasteiger partial charge in [-0.25, -0.2) is 13.2 Å². The summed E-state index contributed by atoms with van der Waals surface area (Å²) >= 11 is 0. The topological polar surface area (TPSA) is 127 Å². The molecule has 0 bridgehead atoms. The van der Waals surface area contributed by atoms with E-state index in [1.54, 1.807) is 4.90 Å². The van der Waals surface area contributed by atoms with Crippen LogP contribution in [0.2, 0.25) is 0 Å². The zero-order valence-electron chi connectivity index (χ0n) is 12.0. The van der Waals surface area contributed by atoms with Crippen molar-refractivity contribution in [3.63, 3.8) is 0 Å². The third-order valence-electron chi connectivity index (χ3n) is 3.31. The van der Waals surface area contributed by atoms with E-state index in [1.165, 1.54) is 0 Å². The van der Waals surface area contributed by atoms with Crippen molar-refractivity contribution in [1.29, 1.82) is 0 Å². The van der Waals surface area contributed by atoms with Crippen molar-refractivity contribution < 1.29 is 27.9 Å². The molecular formula is C12H22N2O6S. The number of hydrogen-bond acceptors (Lipinski definition) is 6. The maximum Gasteiger partial charge on any atom is 0.329 e. The lowest BCUT2D eigenvalue weighted by molar-refractivity contribution is -0.147. The summed E-state index contributed by atoms with van der Waals surface area (Å²) in [7, 11) is -3.13. The minimum absolute atomic E-state index is 0.104. The highest BCUT2D eigenvalue weighted by atomic mass is 32.2. The van der Waals surface area contributed by atoms with Gasteiger partial charge in [-0.05, 0) is 19.3 Å². The van der Waals surface area contributed by atoms with Crippen molar-refractivity contribution in [2.75, 3.05) is 31.7 Å². The van der Waals surface area contributed by atoms with Gasteiger partial charge >= 0.3 is 5.97 Å². The molecule has 1 saturated heterocycles.